The molecule has 0 spiro atoms. The summed E-state index contributed by atoms with van der Waals surface area (Å²) >= 11 is 0. The zero-order valence-electron chi connectivity index (χ0n) is 19.7. The Labute approximate surface area is 179 Å². The molecule has 8 atom stereocenters. The molecule has 4 rings (SSSR count). The van der Waals surface area contributed by atoms with Crippen LogP contribution >= 0.6 is 0 Å². The van der Waals surface area contributed by atoms with E-state index in [-0.39, 0.29) is 6.10 Å². The van der Waals surface area contributed by atoms with Gasteiger partial charge in [-0.2, -0.15) is 0 Å². The van der Waals surface area contributed by atoms with Crippen molar-refractivity contribution in [3.63, 3.8) is 0 Å². The second-order valence-electron chi connectivity index (χ2n) is 11.9. The first kappa shape index (κ1) is 21.4. The predicted octanol–water partition coefficient (Wildman–Crippen LogP) is 7.33. The van der Waals surface area contributed by atoms with Crippen molar-refractivity contribution in [3.8, 4) is 0 Å². The molecule has 3 saturated carbocycles. The Bertz CT molecular complexity index is 712. The lowest BCUT2D eigenvalue weighted by molar-refractivity contribution is 0.0382. The van der Waals surface area contributed by atoms with Crippen LogP contribution < -0.4 is 0 Å². The maximum absolute atomic E-state index is 10.2. The van der Waals surface area contributed by atoms with Gasteiger partial charge >= 0.3 is 0 Å². The van der Waals surface area contributed by atoms with E-state index in [0.717, 1.165) is 36.5 Å². The molecule has 0 bridgehead atoms. The number of allylic oxidation sites excluding steroid dienone is 5. The highest BCUT2D eigenvalue weighted by atomic mass is 16.3. The van der Waals surface area contributed by atoms with Gasteiger partial charge in [-0.15, -0.1) is 0 Å². The summed E-state index contributed by atoms with van der Waals surface area (Å²) in [6, 6.07) is 0. The van der Waals surface area contributed by atoms with Crippen LogP contribution in [0.4, 0.5) is 0 Å². The van der Waals surface area contributed by atoms with Gasteiger partial charge in [-0.1, -0.05) is 77.0 Å². The molecule has 29 heavy (non-hydrogen) atoms. The van der Waals surface area contributed by atoms with Gasteiger partial charge in [0.1, 0.15) is 0 Å². The van der Waals surface area contributed by atoms with Crippen LogP contribution in [0.2, 0.25) is 0 Å². The Balaban J connectivity index is 1.57. The number of hydrogen-bond acceptors (Lipinski definition) is 1. The van der Waals surface area contributed by atoms with Crippen LogP contribution in [0.1, 0.15) is 86.5 Å². The highest BCUT2D eigenvalue weighted by Crippen LogP contribution is 2.65. The Morgan fingerprint density at radius 2 is 1.69 bits per heavy atom. The van der Waals surface area contributed by atoms with Gasteiger partial charge in [0.15, 0.2) is 0 Å². The fraction of sp³-hybridized carbons (Fsp3) is 0.786. The Morgan fingerprint density at radius 3 is 2.41 bits per heavy atom. The second kappa shape index (κ2) is 7.70. The monoisotopic (exact) mass is 396 g/mol. The zero-order chi connectivity index (χ0) is 21.0. The smallest absolute Gasteiger partial charge is 0.0578 e. The van der Waals surface area contributed by atoms with Crippen LogP contribution in [0.25, 0.3) is 0 Å². The van der Waals surface area contributed by atoms with E-state index in [9.17, 15) is 5.11 Å². The summed E-state index contributed by atoms with van der Waals surface area (Å²) in [7, 11) is 0. The molecule has 162 valence electrons. The third kappa shape index (κ3) is 3.50. The van der Waals surface area contributed by atoms with Gasteiger partial charge in [0.05, 0.1) is 6.10 Å². The number of hydrogen-bond donors (Lipinski definition) is 1. The number of rotatable bonds is 4. The summed E-state index contributed by atoms with van der Waals surface area (Å²) in [6.07, 6.45) is 18.4. The molecule has 0 amide bonds. The van der Waals surface area contributed by atoms with Crippen LogP contribution in [-0.2, 0) is 0 Å². The fourth-order valence-corrected chi connectivity index (χ4v) is 7.59. The summed E-state index contributed by atoms with van der Waals surface area (Å²) < 4.78 is 0. The predicted molar refractivity (Wildman–Crippen MR) is 123 cm³/mol. The highest BCUT2D eigenvalue weighted by molar-refractivity contribution is 5.39. The van der Waals surface area contributed by atoms with E-state index in [0.29, 0.717) is 22.7 Å². The van der Waals surface area contributed by atoms with Crippen molar-refractivity contribution in [1.29, 1.82) is 0 Å². The van der Waals surface area contributed by atoms with E-state index in [4.69, 9.17) is 0 Å². The molecule has 0 aromatic rings. The normalized spacial score (nSPS) is 44.0. The SMILES string of the molecule is CC(C)C(C)C=CC(C)[C@H]1CCC2C3=CC=C4C[C@@H](O)CC[C@]4(C)[C@H]3CC[C@@]21C. The number of aliphatic hydroxyl groups is 1. The van der Waals surface area contributed by atoms with Crippen LogP contribution in [0.15, 0.2) is 35.5 Å². The van der Waals surface area contributed by atoms with E-state index < -0.39 is 0 Å². The van der Waals surface area contributed by atoms with Crippen molar-refractivity contribution in [2.24, 2.45) is 46.3 Å². The Hall–Kier alpha value is -0.820. The van der Waals surface area contributed by atoms with Crippen molar-refractivity contribution in [1.82, 2.24) is 0 Å². The Morgan fingerprint density at radius 1 is 0.931 bits per heavy atom. The lowest BCUT2D eigenvalue weighted by Crippen LogP contribution is -2.46. The minimum Gasteiger partial charge on any atom is -0.393 e. The maximum Gasteiger partial charge on any atom is 0.0578 e. The molecule has 0 aromatic heterocycles. The van der Waals surface area contributed by atoms with Crippen molar-refractivity contribution in [2.45, 2.75) is 92.6 Å². The van der Waals surface area contributed by atoms with E-state index >= 15 is 0 Å². The van der Waals surface area contributed by atoms with Gasteiger partial charge in [-0.25, -0.2) is 0 Å². The molecule has 1 N–H and O–H groups in total. The molecule has 4 aliphatic carbocycles. The fourth-order valence-electron chi connectivity index (χ4n) is 7.59. The van der Waals surface area contributed by atoms with Crippen molar-refractivity contribution in [2.75, 3.05) is 0 Å². The van der Waals surface area contributed by atoms with Crippen LogP contribution in [0.5, 0.6) is 0 Å². The number of aliphatic hydroxyl groups excluding tert-OH is 1. The second-order valence-corrected chi connectivity index (χ2v) is 11.9. The minimum absolute atomic E-state index is 0.116. The quantitative estimate of drug-likeness (QED) is 0.493. The molecule has 1 heteroatoms. The lowest BCUT2D eigenvalue weighted by atomic mass is 9.50. The lowest BCUT2D eigenvalue weighted by Gasteiger charge is -2.55. The standard InChI is InChI=1S/C28H44O/c1-18(2)19(3)7-8-20(4)24-11-12-25-23-10-9-21-17-22(29)13-15-27(21,5)26(23)14-16-28(24,25)6/h7-10,18-20,22,24-26,29H,11-17H2,1-6H3/t19?,20?,22-,24+,25?,26-,27-,28+/m0/s1. The molecule has 0 aromatic carbocycles. The number of fused-ring (bicyclic) bond motifs is 5. The first-order valence-corrected chi connectivity index (χ1v) is 12.4. The van der Waals surface area contributed by atoms with Gasteiger partial charge in [0.25, 0.3) is 0 Å². The van der Waals surface area contributed by atoms with Crippen LogP contribution in [-0.4, -0.2) is 11.2 Å². The molecule has 4 aliphatic rings. The van der Waals surface area contributed by atoms with E-state index in [1.165, 1.54) is 37.7 Å². The molecule has 0 radical (unpaired) electrons. The Kier molecular flexibility index (Phi) is 5.69. The molecular formula is C28H44O. The van der Waals surface area contributed by atoms with Gasteiger partial charge < -0.3 is 5.11 Å². The minimum atomic E-state index is -0.116. The third-order valence-corrected chi connectivity index (χ3v) is 10.0. The zero-order valence-corrected chi connectivity index (χ0v) is 19.7. The molecule has 1 nitrogen and oxygen atoms in total. The van der Waals surface area contributed by atoms with Crippen LogP contribution in [0, 0.1) is 46.3 Å². The van der Waals surface area contributed by atoms with E-state index in [1.54, 1.807) is 5.57 Å². The van der Waals surface area contributed by atoms with Crippen LogP contribution in [0.3, 0.4) is 0 Å². The van der Waals surface area contributed by atoms with Crippen molar-refractivity contribution >= 4 is 0 Å². The van der Waals surface area contributed by atoms with Gasteiger partial charge in [-0.3, -0.25) is 0 Å². The topological polar surface area (TPSA) is 20.2 Å². The van der Waals surface area contributed by atoms with Gasteiger partial charge in [0.2, 0.25) is 0 Å². The molecular weight excluding hydrogens is 352 g/mol. The average Bonchev–Trinajstić information content (AvgIpc) is 3.03. The molecule has 0 saturated heterocycles. The van der Waals surface area contributed by atoms with E-state index in [2.05, 4.69) is 65.8 Å². The summed E-state index contributed by atoms with van der Waals surface area (Å²) in [5.41, 5.74) is 4.07. The van der Waals surface area contributed by atoms with Crippen molar-refractivity contribution < 1.29 is 5.11 Å². The third-order valence-electron chi connectivity index (χ3n) is 10.0. The summed E-state index contributed by atoms with van der Waals surface area (Å²) in [5.74, 6) is 4.38. The maximum atomic E-state index is 10.2. The molecule has 0 aliphatic heterocycles. The van der Waals surface area contributed by atoms with E-state index in [1.807, 2.05) is 0 Å². The first-order valence-electron chi connectivity index (χ1n) is 12.4. The molecule has 3 unspecified atom stereocenters. The summed E-state index contributed by atoms with van der Waals surface area (Å²) in [5, 5.41) is 10.2. The van der Waals surface area contributed by atoms with Crippen molar-refractivity contribution in [3.05, 3.63) is 35.5 Å². The van der Waals surface area contributed by atoms with Gasteiger partial charge in [-0.05, 0) is 91.3 Å². The summed E-state index contributed by atoms with van der Waals surface area (Å²) in [4.78, 5) is 0. The first-order chi connectivity index (χ1) is 13.7. The highest BCUT2D eigenvalue weighted by Gasteiger charge is 2.56. The largest absolute Gasteiger partial charge is 0.393 e. The average molecular weight is 397 g/mol. The summed E-state index contributed by atoms with van der Waals surface area (Å²) in [6.45, 7) is 14.6. The van der Waals surface area contributed by atoms with Gasteiger partial charge in [0, 0.05) is 0 Å². The molecule has 3 fully saturated rings. The molecule has 0 heterocycles.